The van der Waals surface area contributed by atoms with E-state index in [4.69, 9.17) is 5.73 Å². The Hall–Kier alpha value is -0.480. The molecular weight excluding hydrogens is 196 g/mol. The van der Waals surface area contributed by atoms with Gasteiger partial charge in [-0.15, -0.1) is 6.58 Å². The van der Waals surface area contributed by atoms with Gasteiger partial charge in [-0.3, -0.25) is 4.79 Å². The number of hydrogen-bond acceptors (Lipinski definition) is 3. The van der Waals surface area contributed by atoms with Gasteiger partial charge in [0, 0.05) is 24.0 Å². The fourth-order valence-electron chi connectivity index (χ4n) is 0.968. The summed E-state index contributed by atoms with van der Waals surface area (Å²) in [6, 6.07) is 0. The van der Waals surface area contributed by atoms with Crippen LogP contribution in [-0.4, -0.2) is 30.5 Å². The number of hydrogen-bond donors (Lipinski definition) is 2. The van der Waals surface area contributed by atoms with E-state index in [9.17, 15) is 4.79 Å². The lowest BCUT2D eigenvalue weighted by atomic mass is 10.1. The summed E-state index contributed by atoms with van der Waals surface area (Å²) < 4.78 is 0. The van der Waals surface area contributed by atoms with E-state index in [2.05, 4.69) is 11.9 Å². The van der Waals surface area contributed by atoms with Gasteiger partial charge in [0.05, 0.1) is 0 Å². The van der Waals surface area contributed by atoms with Crippen LogP contribution < -0.4 is 11.1 Å². The maximum absolute atomic E-state index is 11.4. The van der Waals surface area contributed by atoms with Crippen molar-refractivity contribution in [2.24, 2.45) is 11.7 Å². The third-order valence-electron chi connectivity index (χ3n) is 1.83. The minimum absolute atomic E-state index is 0.0319. The molecule has 0 radical (unpaired) electrons. The van der Waals surface area contributed by atoms with Crippen molar-refractivity contribution in [3.05, 3.63) is 12.7 Å². The third kappa shape index (κ3) is 6.97. The van der Waals surface area contributed by atoms with Crippen molar-refractivity contribution >= 4 is 17.7 Å². The Balaban J connectivity index is 3.38. The zero-order valence-electron chi connectivity index (χ0n) is 8.79. The van der Waals surface area contributed by atoms with Gasteiger partial charge in [0.1, 0.15) is 0 Å². The topological polar surface area (TPSA) is 55.1 Å². The molecule has 3 N–H and O–H groups in total. The van der Waals surface area contributed by atoms with Crippen molar-refractivity contribution in [3.8, 4) is 0 Å². The van der Waals surface area contributed by atoms with Gasteiger partial charge in [0.15, 0.2) is 0 Å². The fraction of sp³-hybridized carbons (Fsp3) is 0.700. The first-order chi connectivity index (χ1) is 6.72. The van der Waals surface area contributed by atoms with Crippen molar-refractivity contribution in [2.45, 2.75) is 13.3 Å². The highest BCUT2D eigenvalue weighted by molar-refractivity contribution is 7.99. The van der Waals surface area contributed by atoms with E-state index >= 15 is 0 Å². The summed E-state index contributed by atoms with van der Waals surface area (Å²) in [7, 11) is 0. The van der Waals surface area contributed by atoms with Crippen molar-refractivity contribution < 1.29 is 4.79 Å². The fourth-order valence-corrected chi connectivity index (χ4v) is 1.55. The zero-order chi connectivity index (χ0) is 10.8. The van der Waals surface area contributed by atoms with Gasteiger partial charge in [-0.05, 0) is 13.0 Å². The van der Waals surface area contributed by atoms with E-state index in [-0.39, 0.29) is 11.8 Å². The smallest absolute Gasteiger partial charge is 0.222 e. The molecule has 0 aliphatic heterocycles. The Morgan fingerprint density at radius 2 is 2.43 bits per heavy atom. The predicted octanol–water partition coefficient (Wildman–Crippen LogP) is 1.01. The Morgan fingerprint density at radius 3 is 3.00 bits per heavy atom. The Morgan fingerprint density at radius 1 is 1.71 bits per heavy atom. The van der Waals surface area contributed by atoms with Crippen molar-refractivity contribution in [1.82, 2.24) is 5.32 Å². The maximum atomic E-state index is 11.4. The number of nitrogens with two attached hydrogens (primary N) is 1. The predicted molar refractivity (Wildman–Crippen MR) is 63.4 cm³/mol. The zero-order valence-corrected chi connectivity index (χ0v) is 9.61. The lowest BCUT2D eigenvalue weighted by Gasteiger charge is -2.10. The van der Waals surface area contributed by atoms with Crippen LogP contribution in [0.5, 0.6) is 0 Å². The summed E-state index contributed by atoms with van der Waals surface area (Å²) in [5.41, 5.74) is 5.37. The van der Waals surface area contributed by atoms with Crippen LogP contribution in [0.25, 0.3) is 0 Å². The number of rotatable bonds is 8. The molecule has 0 heterocycles. The number of nitrogens with one attached hydrogen (secondary N) is 1. The second-order valence-electron chi connectivity index (χ2n) is 3.13. The largest absolute Gasteiger partial charge is 0.355 e. The van der Waals surface area contributed by atoms with Crippen molar-refractivity contribution in [3.63, 3.8) is 0 Å². The minimum atomic E-state index is 0.0319. The molecule has 4 heteroatoms. The number of amides is 1. The quantitative estimate of drug-likeness (QED) is 0.470. The normalized spacial score (nSPS) is 12.1. The van der Waals surface area contributed by atoms with E-state index in [0.29, 0.717) is 6.54 Å². The van der Waals surface area contributed by atoms with Crippen molar-refractivity contribution in [2.75, 3.05) is 24.6 Å². The maximum Gasteiger partial charge on any atom is 0.222 e. The highest BCUT2D eigenvalue weighted by Crippen LogP contribution is 2.01. The molecule has 0 aromatic heterocycles. The highest BCUT2D eigenvalue weighted by Gasteiger charge is 2.10. The summed E-state index contributed by atoms with van der Waals surface area (Å²) in [5.74, 6) is 2.01. The molecule has 0 aromatic carbocycles. The molecule has 0 spiro atoms. The number of carbonyl (C=O) groups excluding carboxylic acids is 1. The first kappa shape index (κ1) is 13.5. The number of carbonyl (C=O) groups is 1. The first-order valence-electron chi connectivity index (χ1n) is 4.88. The average molecular weight is 216 g/mol. The van der Waals surface area contributed by atoms with Gasteiger partial charge in [-0.2, -0.15) is 11.8 Å². The molecule has 0 aliphatic rings. The molecule has 3 nitrogen and oxygen atoms in total. The van der Waals surface area contributed by atoms with Crippen LogP contribution in [0.1, 0.15) is 13.3 Å². The summed E-state index contributed by atoms with van der Waals surface area (Å²) in [6.45, 7) is 6.82. The minimum Gasteiger partial charge on any atom is -0.355 e. The van der Waals surface area contributed by atoms with E-state index in [1.54, 1.807) is 11.8 Å². The molecule has 1 atom stereocenters. The monoisotopic (exact) mass is 216 g/mol. The Bertz CT molecular complexity index is 174. The van der Waals surface area contributed by atoms with Crippen molar-refractivity contribution in [1.29, 1.82) is 0 Å². The average Bonchev–Trinajstić information content (AvgIpc) is 2.17. The summed E-state index contributed by atoms with van der Waals surface area (Å²) in [4.78, 5) is 11.4. The van der Waals surface area contributed by atoms with E-state index in [1.807, 2.05) is 13.0 Å². The summed E-state index contributed by atoms with van der Waals surface area (Å²) in [5, 5.41) is 2.88. The molecule has 0 aliphatic carbocycles. The third-order valence-corrected chi connectivity index (χ3v) is 2.79. The molecule has 82 valence electrons. The van der Waals surface area contributed by atoms with Crippen LogP contribution in [0.2, 0.25) is 0 Å². The van der Waals surface area contributed by atoms with Crippen LogP contribution in [0.3, 0.4) is 0 Å². The van der Waals surface area contributed by atoms with Gasteiger partial charge in [-0.1, -0.05) is 13.0 Å². The molecule has 0 bridgehead atoms. The van der Waals surface area contributed by atoms with Gasteiger partial charge in [-0.25, -0.2) is 0 Å². The standard InChI is InChI=1S/C10H20N2OS/c1-3-7-14-8-6-12-10(13)9(2)4-5-11/h3,9H,1,4-8,11H2,2H3,(H,12,13). The molecule has 0 saturated carbocycles. The molecule has 14 heavy (non-hydrogen) atoms. The van der Waals surface area contributed by atoms with Crippen LogP contribution in [0.15, 0.2) is 12.7 Å². The van der Waals surface area contributed by atoms with Crippen LogP contribution in [0.4, 0.5) is 0 Å². The van der Waals surface area contributed by atoms with Gasteiger partial charge in [0.2, 0.25) is 5.91 Å². The lowest BCUT2D eigenvalue weighted by Crippen LogP contribution is -2.32. The van der Waals surface area contributed by atoms with Crippen LogP contribution in [-0.2, 0) is 4.79 Å². The molecule has 0 rings (SSSR count). The first-order valence-corrected chi connectivity index (χ1v) is 6.04. The molecule has 0 aromatic rings. The van der Waals surface area contributed by atoms with Gasteiger partial charge < -0.3 is 11.1 Å². The summed E-state index contributed by atoms with van der Waals surface area (Å²) >= 11 is 1.76. The molecular formula is C10H20N2OS. The van der Waals surface area contributed by atoms with Crippen LogP contribution >= 0.6 is 11.8 Å². The number of thioether (sulfide) groups is 1. The Labute approximate surface area is 90.5 Å². The molecule has 0 saturated heterocycles. The molecule has 1 amide bonds. The second kappa shape index (κ2) is 9.09. The molecule has 1 unspecified atom stereocenters. The second-order valence-corrected chi connectivity index (χ2v) is 4.28. The van der Waals surface area contributed by atoms with E-state index in [1.165, 1.54) is 0 Å². The lowest BCUT2D eigenvalue weighted by molar-refractivity contribution is -0.124. The van der Waals surface area contributed by atoms with Gasteiger partial charge in [0.25, 0.3) is 0 Å². The Kier molecular flexibility index (Phi) is 8.78. The SMILES string of the molecule is C=CCSCCNC(=O)C(C)CCN. The highest BCUT2D eigenvalue weighted by atomic mass is 32.2. The summed E-state index contributed by atoms with van der Waals surface area (Å²) in [6.07, 6.45) is 2.62. The van der Waals surface area contributed by atoms with Crippen LogP contribution in [0, 0.1) is 5.92 Å². The molecule has 0 fully saturated rings. The van der Waals surface area contributed by atoms with E-state index < -0.39 is 0 Å². The van der Waals surface area contributed by atoms with Gasteiger partial charge >= 0.3 is 0 Å². The van der Waals surface area contributed by atoms with E-state index in [0.717, 1.165) is 24.5 Å².